The SMILES string of the molecule is CCC(C)(C)C(=O)OCCOC(=O)C(C)(COC(=O)C(C)(COC(=O)C(C)(COC(=O)CS(=O)[O-])COC(=O)CS(=O)(=O)O)COC(=O)C(C)(COC(=O)CS(=O)(=O)O)COC(=O)CS(=O)(=O)O)COC(=O)C(C)(COC(=O)C(C)(COC(=O)CS(C)(=O)=O)COC(=O)CS(=O)(=O)C[NH+](C)[O-])COC(=O)C(C)(COC(=O)CS(C)(=O)=O)COC(=O)CS(=O)(=O)C[NH+](C)[O-]. The number of hydrogen-bond donors (Lipinski definition) is 5. The minimum Gasteiger partial charge on any atom is -0.772 e. The van der Waals surface area contributed by atoms with Crippen LogP contribution in [0.15, 0.2) is 0 Å². The Morgan fingerprint density at radius 1 is 0.289 bits per heavy atom. The van der Waals surface area contributed by atoms with E-state index >= 15 is 9.59 Å². The fourth-order valence-electron chi connectivity index (χ4n) is 8.60. The number of quaternary nitrogens is 2. The summed E-state index contributed by atoms with van der Waals surface area (Å²) in [6, 6.07) is 0. The molecule has 8 unspecified atom stereocenters. The molecule has 738 valence electrons. The highest BCUT2D eigenvalue weighted by Gasteiger charge is 2.51. The minimum atomic E-state index is -5.24. The van der Waals surface area contributed by atoms with Gasteiger partial charge in [0.25, 0.3) is 30.4 Å². The highest BCUT2D eigenvalue weighted by atomic mass is 32.2. The molecule has 0 amide bonds. The number of rotatable bonds is 60. The number of carbonyl (C=O) groups excluding carboxylic acids is 16. The first-order valence-electron chi connectivity index (χ1n) is 36.0. The molecule has 0 aromatic heterocycles. The summed E-state index contributed by atoms with van der Waals surface area (Å²) in [6.45, 7) is -13.8. The summed E-state index contributed by atoms with van der Waals surface area (Å²) < 4.78 is 301. The molecule has 0 bridgehead atoms. The standard InChI is InChI=1S/C65H102N2O53S8/c1-15-58(2,3)50(76)105-16-17-106-51(77)63(8,34-115-56(82)64(9,36-117-52(78)59(4,26-107-42(68)18-121(86)87)31-112-47(73)23-126(96,97)98)39-120-55(81)62(7,32-113-48(74)24-127(99,100)101)33-114-49(75)25-128(102,103)104)35-116-57(83)65(10,37-118-53(79)60(5,27-108-43(69)19-122(13,88)89)29-110-45(71)21-124(92,93)40-66(11)84)38-119-54(80)61(6,28-109-44(70)20-123(14,90)91)30-111-46(72)22-125(94,95)41-67(12)85/h66-67H,15-41H2,1-14H3,(H,86,87)(H,96,97,98)(H,99,100,101)(H,102,103,104)/p-1. The molecule has 0 aliphatic rings. The van der Waals surface area contributed by atoms with Crippen LogP contribution in [0.5, 0.6) is 0 Å². The summed E-state index contributed by atoms with van der Waals surface area (Å²) in [4.78, 5) is 217. The molecular weight excluding hydrogens is 1910 g/mol. The normalized spacial score (nSPS) is 15.9. The molecule has 0 saturated heterocycles. The molecule has 63 heteroatoms. The number of carbonyl (C=O) groups is 16. The van der Waals surface area contributed by atoms with E-state index in [1.54, 1.807) is 6.92 Å². The molecule has 128 heavy (non-hydrogen) atoms. The number of nitrogens with one attached hydrogen (secondary N) is 2. The van der Waals surface area contributed by atoms with Crippen LogP contribution in [-0.2, 0) is 233 Å². The lowest BCUT2D eigenvalue weighted by Crippen LogP contribution is -3.04. The van der Waals surface area contributed by atoms with Gasteiger partial charge in [0.05, 0.1) is 19.5 Å². The largest absolute Gasteiger partial charge is 0.772 e. The van der Waals surface area contributed by atoms with Gasteiger partial charge in [0.2, 0.25) is 19.7 Å². The second-order valence-corrected chi connectivity index (χ2v) is 45.1. The number of hydrogen-bond acceptors (Lipinski definition) is 50. The van der Waals surface area contributed by atoms with Crippen molar-refractivity contribution in [2.45, 2.75) is 75.7 Å². The summed E-state index contributed by atoms with van der Waals surface area (Å²) in [6.07, 6.45) is 1.25. The Morgan fingerprint density at radius 3 is 0.641 bits per heavy atom. The highest BCUT2D eigenvalue weighted by Crippen LogP contribution is 2.33. The van der Waals surface area contributed by atoms with E-state index < -0.39 is 393 Å². The summed E-state index contributed by atoms with van der Waals surface area (Å²) in [5.41, 5.74) is -20.9. The van der Waals surface area contributed by atoms with E-state index in [9.17, 15) is 159 Å². The van der Waals surface area contributed by atoms with Gasteiger partial charge in [0, 0.05) is 12.5 Å². The van der Waals surface area contributed by atoms with Crippen molar-refractivity contribution in [2.24, 2.45) is 43.3 Å². The van der Waals surface area contributed by atoms with Crippen LogP contribution in [0.4, 0.5) is 0 Å². The number of ether oxygens (including phenoxy) is 16. The average Bonchev–Trinajstić information content (AvgIpc) is 0.806. The lowest BCUT2D eigenvalue weighted by molar-refractivity contribution is -0.811. The van der Waals surface area contributed by atoms with Crippen molar-refractivity contribution in [3.05, 3.63) is 10.4 Å². The van der Waals surface area contributed by atoms with Gasteiger partial charge in [-0.25, -0.2) is 33.7 Å². The third-order valence-electron chi connectivity index (χ3n) is 16.4. The predicted octanol–water partition coefficient (Wildman–Crippen LogP) is -9.44. The Bertz CT molecular complexity index is 4740. The molecule has 0 aliphatic heterocycles. The molecule has 0 saturated carbocycles. The van der Waals surface area contributed by atoms with Crippen molar-refractivity contribution in [1.82, 2.24) is 0 Å². The van der Waals surface area contributed by atoms with E-state index in [2.05, 4.69) is 0 Å². The maximum Gasteiger partial charge on any atom is 0.323 e. The highest BCUT2D eigenvalue weighted by molar-refractivity contribution is 7.92. The van der Waals surface area contributed by atoms with Crippen molar-refractivity contribution in [1.29, 1.82) is 0 Å². The second-order valence-electron chi connectivity index (χ2n) is 31.4. The molecule has 0 heterocycles. The molecule has 5 N–H and O–H groups in total. The number of sulfone groups is 4. The van der Waals surface area contributed by atoms with E-state index in [0.29, 0.717) is 40.2 Å². The zero-order valence-electron chi connectivity index (χ0n) is 71.1. The maximum absolute atomic E-state index is 15.2. The Labute approximate surface area is 735 Å². The van der Waals surface area contributed by atoms with Crippen LogP contribution in [0.1, 0.15) is 75.7 Å². The van der Waals surface area contributed by atoms with Crippen molar-refractivity contribution < 1.29 is 244 Å². The summed E-state index contributed by atoms with van der Waals surface area (Å²) in [7, 11) is -31.8. The van der Waals surface area contributed by atoms with Crippen LogP contribution >= 0.6 is 0 Å². The Morgan fingerprint density at radius 2 is 0.461 bits per heavy atom. The first kappa shape index (κ1) is 119. The van der Waals surface area contributed by atoms with Crippen LogP contribution in [-0.4, -0.2) is 367 Å². The van der Waals surface area contributed by atoms with Crippen LogP contribution < -0.4 is 10.1 Å². The molecular formula is C65H101N2O53S8-. The van der Waals surface area contributed by atoms with Gasteiger partial charge in [-0.3, -0.25) is 94.6 Å². The van der Waals surface area contributed by atoms with Crippen LogP contribution in [0.25, 0.3) is 0 Å². The van der Waals surface area contributed by atoms with Crippen molar-refractivity contribution in [3.63, 3.8) is 0 Å². The monoisotopic (exact) mass is 2010 g/mol. The molecule has 55 nitrogen and oxygen atoms in total. The maximum atomic E-state index is 15.2. The molecule has 0 spiro atoms. The second kappa shape index (κ2) is 49.3. The van der Waals surface area contributed by atoms with Crippen LogP contribution in [0.2, 0.25) is 0 Å². The lowest BCUT2D eigenvalue weighted by Gasteiger charge is -2.34. The number of hydroxylamine groups is 4. The first-order valence-corrected chi connectivity index (χ1v) is 49.9. The van der Waals surface area contributed by atoms with Crippen LogP contribution in [0, 0.1) is 53.7 Å². The van der Waals surface area contributed by atoms with E-state index in [1.807, 2.05) is 0 Å². The summed E-state index contributed by atoms with van der Waals surface area (Å²) in [5.74, 6) is -42.9. The van der Waals surface area contributed by atoms with Gasteiger partial charge in [0.1, 0.15) is 161 Å². The molecule has 8 atom stereocenters. The molecule has 0 aromatic rings. The molecule has 0 fully saturated rings. The predicted molar refractivity (Wildman–Crippen MR) is 416 cm³/mol. The van der Waals surface area contributed by atoms with Gasteiger partial charge in [-0.2, -0.15) is 25.3 Å². The van der Waals surface area contributed by atoms with E-state index in [0.717, 1.165) is 34.9 Å². The molecule has 0 aromatic carbocycles. The smallest absolute Gasteiger partial charge is 0.323 e. The van der Waals surface area contributed by atoms with E-state index in [-0.39, 0.29) is 6.42 Å². The van der Waals surface area contributed by atoms with Gasteiger partial charge in [0.15, 0.2) is 60.2 Å². The third kappa shape index (κ3) is 47.5. The summed E-state index contributed by atoms with van der Waals surface area (Å²) >= 11 is -3.21. The Hall–Kier alpha value is -9.00. The molecule has 0 aliphatic carbocycles. The Kier molecular flexibility index (Phi) is 45.8. The van der Waals surface area contributed by atoms with Gasteiger partial charge < -0.3 is 101 Å². The van der Waals surface area contributed by atoms with Gasteiger partial charge >= 0.3 is 95.5 Å². The lowest BCUT2D eigenvalue weighted by atomic mass is 9.89. The van der Waals surface area contributed by atoms with Gasteiger partial charge in [-0.05, 0) is 79.8 Å². The van der Waals surface area contributed by atoms with Crippen molar-refractivity contribution in [2.75, 3.05) is 190 Å². The van der Waals surface area contributed by atoms with Crippen molar-refractivity contribution in [3.8, 4) is 0 Å². The fourth-order valence-corrected chi connectivity index (χ4v) is 13.4. The molecule has 0 rings (SSSR count). The topological polar surface area (TPSA) is 816 Å². The van der Waals surface area contributed by atoms with E-state index in [1.165, 1.54) is 13.8 Å². The van der Waals surface area contributed by atoms with Crippen molar-refractivity contribution >= 4 is 176 Å². The van der Waals surface area contributed by atoms with E-state index in [4.69, 9.17) is 75.8 Å². The summed E-state index contributed by atoms with van der Waals surface area (Å²) in [5, 5.41) is 21.4. The average molecular weight is 2020 g/mol. The quantitative estimate of drug-likeness (QED) is 0.00943. The zero-order valence-corrected chi connectivity index (χ0v) is 77.6. The molecule has 0 radical (unpaired) electrons. The Balaban J connectivity index is 9.16. The van der Waals surface area contributed by atoms with Gasteiger partial charge in [-0.1, -0.05) is 6.92 Å². The zero-order chi connectivity index (χ0) is 99.9. The third-order valence-corrected chi connectivity index (χ3v) is 23.2. The minimum absolute atomic E-state index is 0.154. The number of esters is 16. The first-order chi connectivity index (χ1) is 57.7. The fraction of sp³-hybridized carbons (Fsp3) is 0.754. The van der Waals surface area contributed by atoms with Crippen LogP contribution in [0.3, 0.4) is 0 Å². The van der Waals surface area contributed by atoms with Gasteiger partial charge in [-0.15, -0.1) is 0 Å².